The molecule has 0 bridgehead atoms. The fraction of sp³-hybridized carbons (Fsp3) is 0.143. The minimum Gasteiger partial charge on any atom is -0.0673 e. The summed E-state index contributed by atoms with van der Waals surface area (Å²) < 4.78 is 0. The maximum atomic E-state index is 2.35. The first-order chi connectivity index (χ1) is 11.6. The molecule has 0 unspecified atom stereocenters. The zero-order valence-corrected chi connectivity index (χ0v) is 17.4. The van der Waals surface area contributed by atoms with Crippen LogP contribution in [0.3, 0.4) is 0 Å². The quantitative estimate of drug-likeness (QED) is 0.615. The molecule has 0 heterocycles. The van der Waals surface area contributed by atoms with Gasteiger partial charge in [-0.05, 0) is 20.8 Å². The van der Waals surface area contributed by atoms with Gasteiger partial charge in [0, 0.05) is 0 Å². The highest BCUT2D eigenvalue weighted by atomic mass is 29.6. The van der Waals surface area contributed by atoms with Gasteiger partial charge in [-0.15, -0.1) is 0 Å². The van der Waals surface area contributed by atoms with Crippen LogP contribution in [0.1, 0.15) is 16.7 Å². The molecule has 5 radical (unpaired) electrons. The summed E-state index contributed by atoms with van der Waals surface area (Å²) in [7, 11) is 1.19. The Bertz CT molecular complexity index is 727. The second kappa shape index (κ2) is 7.92. The van der Waals surface area contributed by atoms with Gasteiger partial charge in [-0.2, -0.15) is 0 Å². The molecule has 0 aliphatic heterocycles. The second-order valence-corrected chi connectivity index (χ2v) is 15.2. The maximum Gasteiger partial charge on any atom is 0.0711 e. The van der Waals surface area contributed by atoms with Gasteiger partial charge in [-0.1, -0.05) is 105 Å². The summed E-state index contributed by atoms with van der Waals surface area (Å²) >= 11 is 0. The monoisotopic (exact) mass is 357 g/mol. The molecule has 0 spiro atoms. The topological polar surface area (TPSA) is 0 Å². The fourth-order valence-electron chi connectivity index (χ4n) is 2.46. The average molecular weight is 358 g/mol. The first kappa shape index (κ1) is 17.1. The second-order valence-electron chi connectivity index (χ2n) is 6.22. The molecular weight excluding hydrogens is 336 g/mol. The third-order valence-corrected chi connectivity index (χ3v) is 13.9. The minimum atomic E-state index is -0.613. The number of rotatable bonds is 5. The van der Waals surface area contributed by atoms with E-state index in [1.807, 2.05) is 0 Å². The molecule has 3 heteroatoms. The molecule has 0 fully saturated rings. The Balaban J connectivity index is 1.86. The average Bonchev–Trinajstić information content (AvgIpc) is 2.59. The van der Waals surface area contributed by atoms with Gasteiger partial charge in [0.05, 0.1) is 25.9 Å². The van der Waals surface area contributed by atoms with Crippen LogP contribution < -0.4 is 15.6 Å². The van der Waals surface area contributed by atoms with Crippen molar-refractivity contribution in [1.82, 2.24) is 0 Å². The van der Waals surface area contributed by atoms with E-state index in [0.717, 1.165) is 18.1 Å². The third-order valence-electron chi connectivity index (χ3n) is 3.98. The molecule has 3 aromatic carbocycles. The first-order valence-electron chi connectivity index (χ1n) is 8.21. The molecule has 3 rings (SSSR count). The van der Waals surface area contributed by atoms with Crippen molar-refractivity contribution >= 4 is 41.5 Å². The van der Waals surface area contributed by atoms with E-state index >= 15 is 0 Å². The van der Waals surface area contributed by atoms with E-state index in [0.29, 0.717) is 0 Å². The van der Waals surface area contributed by atoms with Crippen LogP contribution in [0.4, 0.5) is 0 Å². The molecule has 3 aromatic rings. The Morgan fingerprint density at radius 2 is 0.833 bits per heavy atom. The molecule has 0 saturated carbocycles. The van der Waals surface area contributed by atoms with Gasteiger partial charge in [-0.25, -0.2) is 0 Å². The summed E-state index contributed by atoms with van der Waals surface area (Å²) in [5.74, 6) is 0. The molecule has 0 N–H and O–H groups in total. The predicted octanol–water partition coefficient (Wildman–Crippen LogP) is 2.37. The van der Waals surface area contributed by atoms with E-state index in [-0.39, 0.29) is 0 Å². The normalized spacial score (nSPS) is 11.0. The van der Waals surface area contributed by atoms with Crippen LogP contribution in [0.5, 0.6) is 0 Å². The first-order valence-corrected chi connectivity index (χ1v) is 13.7. The molecule has 0 atom stereocenters. The van der Waals surface area contributed by atoms with Crippen LogP contribution in [0.25, 0.3) is 0 Å². The van der Waals surface area contributed by atoms with Crippen LogP contribution in [-0.4, -0.2) is 25.9 Å². The van der Waals surface area contributed by atoms with Crippen LogP contribution in [-0.2, 0) is 0 Å². The number of hydrogen-bond acceptors (Lipinski definition) is 0. The summed E-state index contributed by atoms with van der Waals surface area (Å²) in [5.41, 5.74) is 4.03. The van der Waals surface area contributed by atoms with Crippen molar-refractivity contribution in [3.05, 3.63) is 89.5 Å². The molecule has 0 nitrogen and oxygen atoms in total. The Hall–Kier alpha value is -1.69. The molecule has 0 aliphatic carbocycles. The van der Waals surface area contributed by atoms with Crippen molar-refractivity contribution in [3.63, 3.8) is 0 Å². The summed E-state index contributed by atoms with van der Waals surface area (Å²) in [5, 5.41) is 4.55. The van der Waals surface area contributed by atoms with E-state index in [1.165, 1.54) is 27.1 Å². The molecule has 0 aromatic heterocycles. The third kappa shape index (κ3) is 4.66. The molecule has 0 amide bonds. The van der Waals surface area contributed by atoms with Crippen molar-refractivity contribution in [2.75, 3.05) is 0 Å². The molecule has 0 saturated heterocycles. The molecule has 0 aliphatic rings. The lowest BCUT2D eigenvalue weighted by molar-refractivity contribution is 1.49. The Kier molecular flexibility index (Phi) is 5.66. The van der Waals surface area contributed by atoms with Crippen LogP contribution in [0.2, 0.25) is 0 Å². The van der Waals surface area contributed by atoms with E-state index < -0.39 is 7.83 Å². The summed E-state index contributed by atoms with van der Waals surface area (Å²) in [6.07, 6.45) is 0. The van der Waals surface area contributed by atoms with Gasteiger partial charge in [0.15, 0.2) is 0 Å². The van der Waals surface area contributed by atoms with Crippen molar-refractivity contribution < 1.29 is 0 Å². The smallest absolute Gasteiger partial charge is 0.0673 e. The zero-order valence-electron chi connectivity index (χ0n) is 14.4. The SMILES string of the molecule is Cc1ccc([Si][Si]([Si]c2ccc(C)cc2)c2ccc(C)cc2)cc1. The number of aryl methyl sites for hydroxylation is 3. The summed E-state index contributed by atoms with van der Waals surface area (Å²) in [6.45, 7) is 6.49. The van der Waals surface area contributed by atoms with Gasteiger partial charge in [-0.3, -0.25) is 0 Å². The highest BCUT2D eigenvalue weighted by molar-refractivity contribution is 7.49. The van der Waals surface area contributed by atoms with E-state index in [1.54, 1.807) is 5.19 Å². The van der Waals surface area contributed by atoms with Crippen molar-refractivity contribution in [2.45, 2.75) is 20.8 Å². The number of benzene rings is 3. The Morgan fingerprint density at radius 1 is 0.500 bits per heavy atom. The predicted molar refractivity (Wildman–Crippen MR) is 110 cm³/mol. The van der Waals surface area contributed by atoms with Crippen molar-refractivity contribution in [1.29, 1.82) is 0 Å². The molecular formula is C21H21Si3. The molecule has 24 heavy (non-hydrogen) atoms. The lowest BCUT2D eigenvalue weighted by Crippen LogP contribution is -2.51. The highest BCUT2D eigenvalue weighted by Crippen LogP contribution is 1.98. The largest absolute Gasteiger partial charge is 0.0711 e. The van der Waals surface area contributed by atoms with Gasteiger partial charge >= 0.3 is 0 Å². The van der Waals surface area contributed by atoms with Crippen molar-refractivity contribution in [2.24, 2.45) is 0 Å². The van der Waals surface area contributed by atoms with Gasteiger partial charge < -0.3 is 0 Å². The van der Waals surface area contributed by atoms with Crippen LogP contribution >= 0.6 is 0 Å². The number of hydrogen-bond donors (Lipinski definition) is 0. The standard InChI is InChI=1S/C21H21Si3/c1-16-4-10-19(11-5-16)22-24(21-14-8-18(3)9-15-21)23-20-12-6-17(2)7-13-20/h4-15H,1-3H3. The van der Waals surface area contributed by atoms with E-state index in [9.17, 15) is 0 Å². The Labute approximate surface area is 151 Å². The molecule has 117 valence electrons. The Morgan fingerprint density at radius 3 is 1.21 bits per heavy atom. The van der Waals surface area contributed by atoms with E-state index in [4.69, 9.17) is 0 Å². The van der Waals surface area contributed by atoms with Gasteiger partial charge in [0.1, 0.15) is 0 Å². The highest BCUT2D eigenvalue weighted by Gasteiger charge is 2.17. The summed E-state index contributed by atoms with van der Waals surface area (Å²) in [4.78, 5) is 0. The zero-order chi connectivity index (χ0) is 16.9. The fourth-order valence-corrected chi connectivity index (χ4v) is 12.5. The lowest BCUT2D eigenvalue weighted by atomic mass is 10.2. The van der Waals surface area contributed by atoms with Crippen LogP contribution in [0.15, 0.2) is 72.8 Å². The van der Waals surface area contributed by atoms with Crippen LogP contribution in [0, 0.1) is 20.8 Å². The van der Waals surface area contributed by atoms with Gasteiger partial charge in [0.2, 0.25) is 0 Å². The minimum absolute atomic E-state index is 0.613. The maximum absolute atomic E-state index is 2.35. The lowest BCUT2D eigenvalue weighted by Gasteiger charge is -2.15. The van der Waals surface area contributed by atoms with E-state index in [2.05, 4.69) is 93.6 Å². The van der Waals surface area contributed by atoms with Gasteiger partial charge in [0.25, 0.3) is 0 Å². The summed E-state index contributed by atoms with van der Waals surface area (Å²) in [6, 6.07) is 27.4. The van der Waals surface area contributed by atoms with Crippen molar-refractivity contribution in [3.8, 4) is 0 Å².